The van der Waals surface area contributed by atoms with Crippen LogP contribution in [0.15, 0.2) is 53.5 Å². The SMILES string of the molecule is CCCCCCc1ccc(C=Nc2ccc(C#N)cc2)cc1. The van der Waals surface area contributed by atoms with E-state index in [2.05, 4.69) is 42.3 Å². The molecular weight excluding hydrogens is 268 g/mol. The number of rotatable bonds is 7. The van der Waals surface area contributed by atoms with Gasteiger partial charge in [-0.15, -0.1) is 0 Å². The van der Waals surface area contributed by atoms with Gasteiger partial charge in [0.05, 0.1) is 17.3 Å². The van der Waals surface area contributed by atoms with Crippen LogP contribution < -0.4 is 0 Å². The van der Waals surface area contributed by atoms with Crippen LogP contribution in [0.25, 0.3) is 0 Å². The molecule has 2 rings (SSSR count). The summed E-state index contributed by atoms with van der Waals surface area (Å²) >= 11 is 0. The highest BCUT2D eigenvalue weighted by Crippen LogP contribution is 2.13. The van der Waals surface area contributed by atoms with Crippen molar-refractivity contribution in [3.8, 4) is 6.07 Å². The smallest absolute Gasteiger partial charge is 0.0991 e. The number of hydrogen-bond acceptors (Lipinski definition) is 2. The van der Waals surface area contributed by atoms with Gasteiger partial charge in [0.2, 0.25) is 0 Å². The highest BCUT2D eigenvalue weighted by atomic mass is 14.7. The molecule has 0 radical (unpaired) electrons. The third-order valence-electron chi connectivity index (χ3n) is 3.66. The van der Waals surface area contributed by atoms with Crippen LogP contribution in [-0.2, 0) is 6.42 Å². The van der Waals surface area contributed by atoms with Crippen LogP contribution in [0.2, 0.25) is 0 Å². The molecule has 0 aliphatic heterocycles. The predicted molar refractivity (Wildman–Crippen MR) is 92.7 cm³/mol. The molecule has 0 saturated heterocycles. The van der Waals surface area contributed by atoms with Gasteiger partial charge >= 0.3 is 0 Å². The van der Waals surface area contributed by atoms with Crippen molar-refractivity contribution in [2.24, 2.45) is 4.99 Å². The highest BCUT2D eigenvalue weighted by Gasteiger charge is 1.95. The van der Waals surface area contributed by atoms with Crippen molar-refractivity contribution in [1.29, 1.82) is 5.26 Å². The second kappa shape index (κ2) is 8.79. The summed E-state index contributed by atoms with van der Waals surface area (Å²) in [5, 5.41) is 8.77. The largest absolute Gasteiger partial charge is 0.256 e. The van der Waals surface area contributed by atoms with E-state index in [1.54, 1.807) is 12.1 Å². The quantitative estimate of drug-likeness (QED) is 0.494. The molecule has 112 valence electrons. The fourth-order valence-corrected chi connectivity index (χ4v) is 2.30. The number of unbranched alkanes of at least 4 members (excludes halogenated alkanes) is 3. The minimum Gasteiger partial charge on any atom is -0.256 e. The lowest BCUT2D eigenvalue weighted by Gasteiger charge is -2.02. The molecule has 0 N–H and O–H groups in total. The Kier molecular flexibility index (Phi) is 6.39. The van der Waals surface area contributed by atoms with Crippen LogP contribution in [-0.4, -0.2) is 6.21 Å². The lowest BCUT2D eigenvalue weighted by Crippen LogP contribution is -1.87. The summed E-state index contributed by atoms with van der Waals surface area (Å²) in [5.41, 5.74) is 4.02. The summed E-state index contributed by atoms with van der Waals surface area (Å²) < 4.78 is 0. The van der Waals surface area contributed by atoms with E-state index >= 15 is 0 Å². The standard InChI is InChI=1S/C20H22N2/c1-2-3-4-5-6-17-7-9-19(10-8-17)16-22-20-13-11-18(15-21)12-14-20/h7-14,16H,2-6H2,1H3. The fraction of sp³-hybridized carbons (Fsp3) is 0.300. The third kappa shape index (κ3) is 5.18. The maximum Gasteiger partial charge on any atom is 0.0991 e. The van der Waals surface area contributed by atoms with Gasteiger partial charge in [-0.3, -0.25) is 4.99 Å². The van der Waals surface area contributed by atoms with E-state index < -0.39 is 0 Å². The monoisotopic (exact) mass is 290 g/mol. The topological polar surface area (TPSA) is 36.1 Å². The number of benzene rings is 2. The third-order valence-corrected chi connectivity index (χ3v) is 3.66. The Morgan fingerprint density at radius 1 is 0.955 bits per heavy atom. The lowest BCUT2D eigenvalue weighted by molar-refractivity contribution is 0.667. The molecule has 0 saturated carbocycles. The highest BCUT2D eigenvalue weighted by molar-refractivity contribution is 5.81. The number of nitrogens with zero attached hydrogens (tertiary/aromatic N) is 2. The molecule has 2 heteroatoms. The molecule has 0 aliphatic rings. The maximum atomic E-state index is 8.77. The average Bonchev–Trinajstić information content (AvgIpc) is 2.58. The van der Waals surface area contributed by atoms with Crippen molar-refractivity contribution >= 4 is 11.9 Å². The van der Waals surface area contributed by atoms with Gasteiger partial charge in [-0.1, -0.05) is 50.5 Å². The number of nitriles is 1. The number of aliphatic imine (C=N–C) groups is 1. The van der Waals surface area contributed by atoms with E-state index in [-0.39, 0.29) is 0 Å². The zero-order valence-electron chi connectivity index (χ0n) is 13.1. The van der Waals surface area contributed by atoms with Gasteiger partial charge in [0.1, 0.15) is 0 Å². The second-order valence-corrected chi connectivity index (χ2v) is 5.47. The molecule has 0 atom stereocenters. The van der Waals surface area contributed by atoms with Gasteiger partial charge in [-0.05, 0) is 48.2 Å². The fourth-order valence-electron chi connectivity index (χ4n) is 2.30. The first kappa shape index (κ1) is 16.0. The minimum atomic E-state index is 0.659. The van der Waals surface area contributed by atoms with Crippen LogP contribution in [0, 0.1) is 11.3 Å². The van der Waals surface area contributed by atoms with Gasteiger partial charge in [-0.2, -0.15) is 5.26 Å². The zero-order valence-corrected chi connectivity index (χ0v) is 13.1. The number of hydrogen-bond donors (Lipinski definition) is 0. The first-order valence-electron chi connectivity index (χ1n) is 7.95. The molecule has 0 unspecified atom stereocenters. The van der Waals surface area contributed by atoms with E-state index in [0.717, 1.165) is 17.7 Å². The molecule has 0 fully saturated rings. The lowest BCUT2D eigenvalue weighted by atomic mass is 10.0. The number of aryl methyl sites for hydroxylation is 1. The van der Waals surface area contributed by atoms with E-state index in [1.807, 2.05) is 18.3 Å². The normalized spacial score (nSPS) is 10.7. The molecule has 2 aromatic rings. The molecule has 2 nitrogen and oxygen atoms in total. The van der Waals surface area contributed by atoms with Crippen LogP contribution in [0.4, 0.5) is 5.69 Å². The van der Waals surface area contributed by atoms with E-state index in [1.165, 1.54) is 31.2 Å². The Labute approximate surface area is 133 Å². The van der Waals surface area contributed by atoms with Crippen molar-refractivity contribution < 1.29 is 0 Å². The maximum absolute atomic E-state index is 8.77. The zero-order chi connectivity index (χ0) is 15.6. The molecule has 0 amide bonds. The van der Waals surface area contributed by atoms with Gasteiger partial charge in [0, 0.05) is 6.21 Å². The van der Waals surface area contributed by atoms with Crippen LogP contribution >= 0.6 is 0 Å². The van der Waals surface area contributed by atoms with Crippen molar-refractivity contribution in [3.05, 3.63) is 65.2 Å². The summed E-state index contributed by atoms with van der Waals surface area (Å²) in [5.74, 6) is 0. The van der Waals surface area contributed by atoms with Crippen molar-refractivity contribution in [1.82, 2.24) is 0 Å². The van der Waals surface area contributed by atoms with Crippen LogP contribution in [0.5, 0.6) is 0 Å². The summed E-state index contributed by atoms with van der Waals surface area (Å²) in [6, 6.07) is 18.0. The molecule has 0 aliphatic carbocycles. The minimum absolute atomic E-state index is 0.659. The molecule has 0 bridgehead atoms. The van der Waals surface area contributed by atoms with Crippen molar-refractivity contribution in [2.75, 3.05) is 0 Å². The first-order valence-corrected chi connectivity index (χ1v) is 7.95. The molecular formula is C20H22N2. The van der Waals surface area contributed by atoms with Gasteiger partial charge < -0.3 is 0 Å². The second-order valence-electron chi connectivity index (χ2n) is 5.47. The predicted octanol–water partition coefficient (Wildman–Crippen LogP) is 5.43. The Balaban J connectivity index is 1.90. The average molecular weight is 290 g/mol. The molecule has 0 spiro atoms. The van der Waals surface area contributed by atoms with Crippen molar-refractivity contribution in [2.45, 2.75) is 39.0 Å². The molecule has 0 aromatic heterocycles. The van der Waals surface area contributed by atoms with Crippen molar-refractivity contribution in [3.63, 3.8) is 0 Å². The Morgan fingerprint density at radius 2 is 1.68 bits per heavy atom. The summed E-state index contributed by atoms with van der Waals surface area (Å²) in [6.45, 7) is 2.24. The Hall–Kier alpha value is -2.40. The summed E-state index contributed by atoms with van der Waals surface area (Å²) in [7, 11) is 0. The van der Waals surface area contributed by atoms with Crippen LogP contribution in [0.3, 0.4) is 0 Å². The van der Waals surface area contributed by atoms with E-state index in [0.29, 0.717) is 5.56 Å². The molecule has 0 heterocycles. The van der Waals surface area contributed by atoms with E-state index in [4.69, 9.17) is 5.26 Å². The van der Waals surface area contributed by atoms with Gasteiger partial charge in [-0.25, -0.2) is 0 Å². The van der Waals surface area contributed by atoms with Gasteiger partial charge in [0.25, 0.3) is 0 Å². The Bertz CT molecular complexity index is 631. The Morgan fingerprint density at radius 3 is 2.32 bits per heavy atom. The van der Waals surface area contributed by atoms with Crippen LogP contribution in [0.1, 0.15) is 49.3 Å². The van der Waals surface area contributed by atoms with Gasteiger partial charge in [0.15, 0.2) is 0 Å². The molecule has 22 heavy (non-hydrogen) atoms. The summed E-state index contributed by atoms with van der Waals surface area (Å²) in [6.07, 6.45) is 8.22. The molecule has 2 aromatic carbocycles. The van der Waals surface area contributed by atoms with E-state index in [9.17, 15) is 0 Å². The first-order chi connectivity index (χ1) is 10.8. The summed E-state index contributed by atoms with van der Waals surface area (Å²) in [4.78, 5) is 4.43.